The summed E-state index contributed by atoms with van der Waals surface area (Å²) in [6.45, 7) is 0.0415. The van der Waals surface area contributed by atoms with Gasteiger partial charge in [-0.1, -0.05) is 0 Å². The van der Waals surface area contributed by atoms with Crippen LogP contribution < -0.4 is 14.2 Å². The molecule has 21 nitrogen and oxygen atoms in total. The molecule has 4 heterocycles. The number of phenolic OH excluding ortho intramolecular Hbond substituents is 3. The standard InChI is InChI=1S/C34H42O21/c1-10-21(38)25(42)28(45)32(50-10)49-9-20-24(41)27(44)30(47)34(55-20)53-18-7-13-15(51-31(18)11-3-14(37)22(39)17(4-11)48-2)5-12(36)6-16(13)52-33-29(46)26(43)23(40)19(8-35)54-33/h3-7,10,19-21,23-30,32-35,38,40-47H,8-9H2,1-2H3,(H2-,36,37,39)/p+1/t10-,19+,20+,21-,23+,24+,25+,26-,27-,28+,29+,30+,32+,33+,34+/m0/s1. The minimum absolute atomic E-state index is 0.0205. The van der Waals surface area contributed by atoms with Gasteiger partial charge in [0.2, 0.25) is 24.1 Å². The first-order valence-electron chi connectivity index (χ1n) is 16.9. The fraction of sp³-hybridized carbons (Fsp3) is 0.559. The Morgan fingerprint density at radius 1 is 0.618 bits per heavy atom. The molecule has 304 valence electrons. The molecule has 15 atom stereocenters. The lowest BCUT2D eigenvalue weighted by molar-refractivity contribution is -0.318. The number of hydrogen-bond donors (Lipinski definition) is 13. The van der Waals surface area contributed by atoms with E-state index in [1.165, 1.54) is 26.2 Å². The summed E-state index contributed by atoms with van der Waals surface area (Å²) >= 11 is 0. The van der Waals surface area contributed by atoms with E-state index in [9.17, 15) is 66.4 Å². The van der Waals surface area contributed by atoms with E-state index >= 15 is 0 Å². The topological polar surface area (TPSA) is 339 Å². The second kappa shape index (κ2) is 16.3. The van der Waals surface area contributed by atoms with Crippen molar-refractivity contribution >= 4 is 11.0 Å². The SMILES string of the molecule is COc1cc(-c2[o+]c3cc(O)cc(O[C@@H]4O[C@H](CO)[C@@H](O)[C@H](O)[C@H]4O)c3cc2O[C@@H]2O[C@H](CO[C@@H]3O[C@@H](C)[C@H](O)[C@@H](O)[C@H]3O)[C@@H](O)[C@H](O)[C@H]2O)cc(O)c1O. The number of benzene rings is 2. The third kappa shape index (κ3) is 7.90. The molecule has 0 amide bonds. The van der Waals surface area contributed by atoms with Crippen LogP contribution in [0.2, 0.25) is 0 Å². The Labute approximate surface area is 310 Å². The molecule has 55 heavy (non-hydrogen) atoms. The zero-order valence-corrected chi connectivity index (χ0v) is 29.0. The Bertz CT molecular complexity index is 1810. The third-order valence-corrected chi connectivity index (χ3v) is 9.57. The van der Waals surface area contributed by atoms with Gasteiger partial charge in [0.1, 0.15) is 84.0 Å². The van der Waals surface area contributed by atoms with Crippen LogP contribution in [-0.2, 0) is 18.9 Å². The summed E-state index contributed by atoms with van der Waals surface area (Å²) in [6, 6.07) is 5.71. The van der Waals surface area contributed by atoms with Crippen LogP contribution in [-0.4, -0.2) is 179 Å². The summed E-state index contributed by atoms with van der Waals surface area (Å²) in [7, 11) is 1.20. The molecule has 0 radical (unpaired) electrons. The van der Waals surface area contributed by atoms with Crippen LogP contribution in [0.3, 0.4) is 0 Å². The quantitative estimate of drug-likeness (QED) is 0.0707. The summed E-state index contributed by atoms with van der Waals surface area (Å²) in [6.07, 6.45) is -24.7. The van der Waals surface area contributed by atoms with Crippen molar-refractivity contribution in [3.8, 4) is 45.8 Å². The van der Waals surface area contributed by atoms with Crippen LogP contribution in [0.15, 0.2) is 34.7 Å². The molecule has 3 aliphatic rings. The van der Waals surface area contributed by atoms with Gasteiger partial charge in [-0.25, -0.2) is 4.42 Å². The average Bonchev–Trinajstić information content (AvgIpc) is 3.16. The Hall–Kier alpha value is -3.91. The largest absolute Gasteiger partial charge is 0.507 e. The van der Waals surface area contributed by atoms with Crippen molar-refractivity contribution < 1.29 is 104 Å². The summed E-state index contributed by atoms with van der Waals surface area (Å²) < 4.78 is 45.3. The molecule has 3 aliphatic heterocycles. The van der Waals surface area contributed by atoms with Crippen LogP contribution in [0, 0.1) is 0 Å². The first-order valence-corrected chi connectivity index (χ1v) is 16.9. The van der Waals surface area contributed by atoms with E-state index in [1.54, 1.807) is 0 Å². The van der Waals surface area contributed by atoms with Gasteiger partial charge in [-0.3, -0.25) is 0 Å². The molecule has 0 saturated carbocycles. The Morgan fingerprint density at radius 3 is 1.84 bits per heavy atom. The molecule has 0 unspecified atom stereocenters. The number of methoxy groups -OCH3 is 1. The lowest BCUT2D eigenvalue weighted by Crippen LogP contribution is -2.61. The Balaban J connectivity index is 1.37. The monoisotopic (exact) mass is 787 g/mol. The van der Waals surface area contributed by atoms with Crippen molar-refractivity contribution in [2.24, 2.45) is 0 Å². The number of ether oxygens (including phenoxy) is 7. The molecule has 0 aliphatic carbocycles. The summed E-state index contributed by atoms with van der Waals surface area (Å²) in [5, 5.41) is 135. The molecule has 13 N–H and O–H groups in total. The van der Waals surface area contributed by atoms with Crippen molar-refractivity contribution in [3.05, 3.63) is 30.3 Å². The molecular formula is C34H43O21+. The van der Waals surface area contributed by atoms with Crippen LogP contribution >= 0.6 is 0 Å². The molecular weight excluding hydrogens is 744 g/mol. The van der Waals surface area contributed by atoms with E-state index in [0.29, 0.717) is 0 Å². The van der Waals surface area contributed by atoms with E-state index in [2.05, 4.69) is 0 Å². The fourth-order valence-electron chi connectivity index (χ4n) is 6.34. The Morgan fingerprint density at radius 2 is 1.20 bits per heavy atom. The van der Waals surface area contributed by atoms with E-state index in [4.69, 9.17) is 37.6 Å². The van der Waals surface area contributed by atoms with Gasteiger partial charge < -0.3 is 99.5 Å². The molecule has 3 fully saturated rings. The van der Waals surface area contributed by atoms with Crippen molar-refractivity contribution in [2.75, 3.05) is 20.3 Å². The molecule has 0 bridgehead atoms. The predicted molar refractivity (Wildman–Crippen MR) is 178 cm³/mol. The van der Waals surface area contributed by atoms with Gasteiger partial charge in [0.15, 0.2) is 17.8 Å². The van der Waals surface area contributed by atoms with Crippen molar-refractivity contribution in [2.45, 2.75) is 99.0 Å². The highest BCUT2D eigenvalue weighted by atomic mass is 16.7. The molecule has 3 saturated heterocycles. The van der Waals surface area contributed by atoms with Gasteiger partial charge in [-0.2, -0.15) is 0 Å². The second-order valence-corrected chi connectivity index (χ2v) is 13.3. The van der Waals surface area contributed by atoms with Gasteiger partial charge in [0.05, 0.1) is 38.1 Å². The first kappa shape index (κ1) is 40.7. The van der Waals surface area contributed by atoms with Gasteiger partial charge in [-0.15, -0.1) is 0 Å². The smallest absolute Gasteiger partial charge is 0.402 e. The van der Waals surface area contributed by atoms with Gasteiger partial charge >= 0.3 is 11.3 Å². The number of aliphatic hydroxyl groups is 10. The highest BCUT2D eigenvalue weighted by Gasteiger charge is 2.49. The Kier molecular flexibility index (Phi) is 12.1. The van der Waals surface area contributed by atoms with Gasteiger partial charge in [-0.05, 0) is 6.92 Å². The van der Waals surface area contributed by atoms with E-state index in [1.807, 2.05) is 0 Å². The minimum atomic E-state index is -1.96. The summed E-state index contributed by atoms with van der Waals surface area (Å²) in [5.74, 6) is -2.84. The molecule has 1 aromatic heterocycles. The molecule has 3 aromatic rings. The summed E-state index contributed by atoms with van der Waals surface area (Å²) in [4.78, 5) is 0. The predicted octanol–water partition coefficient (Wildman–Crippen LogP) is -3.28. The van der Waals surface area contributed by atoms with Crippen LogP contribution in [0.4, 0.5) is 0 Å². The van der Waals surface area contributed by atoms with Gasteiger partial charge in [0.25, 0.3) is 0 Å². The third-order valence-electron chi connectivity index (χ3n) is 9.57. The normalized spacial score (nSPS) is 36.8. The van der Waals surface area contributed by atoms with E-state index in [0.717, 1.165) is 18.2 Å². The van der Waals surface area contributed by atoms with E-state index in [-0.39, 0.29) is 39.5 Å². The van der Waals surface area contributed by atoms with Gasteiger partial charge in [0, 0.05) is 24.3 Å². The number of aliphatic hydroxyl groups excluding tert-OH is 10. The number of hydrogen-bond acceptors (Lipinski definition) is 20. The second-order valence-electron chi connectivity index (χ2n) is 13.3. The minimum Gasteiger partial charge on any atom is -0.507 e. The molecule has 0 spiro atoms. The highest BCUT2D eigenvalue weighted by molar-refractivity contribution is 5.89. The maximum atomic E-state index is 11.0. The lowest BCUT2D eigenvalue weighted by atomic mass is 9.98. The average molecular weight is 788 g/mol. The summed E-state index contributed by atoms with van der Waals surface area (Å²) in [5.41, 5.74) is -0.166. The highest BCUT2D eigenvalue weighted by Crippen LogP contribution is 2.46. The van der Waals surface area contributed by atoms with Crippen LogP contribution in [0.1, 0.15) is 6.92 Å². The first-order chi connectivity index (χ1) is 26.0. The zero-order chi connectivity index (χ0) is 40.0. The maximum absolute atomic E-state index is 11.0. The zero-order valence-electron chi connectivity index (χ0n) is 29.0. The maximum Gasteiger partial charge on any atom is 0.402 e. The molecule has 21 heteroatoms. The lowest BCUT2D eigenvalue weighted by Gasteiger charge is -2.42. The molecule has 2 aromatic carbocycles. The fourth-order valence-corrected chi connectivity index (χ4v) is 6.34. The number of rotatable bonds is 10. The van der Waals surface area contributed by atoms with Crippen molar-refractivity contribution in [1.82, 2.24) is 0 Å². The van der Waals surface area contributed by atoms with E-state index < -0.39 is 123 Å². The number of fused-ring (bicyclic) bond motifs is 1. The number of phenols is 3. The molecule has 6 rings (SSSR count). The van der Waals surface area contributed by atoms with Crippen LogP contribution in [0.5, 0.6) is 34.5 Å². The van der Waals surface area contributed by atoms with Crippen molar-refractivity contribution in [3.63, 3.8) is 0 Å². The van der Waals surface area contributed by atoms with Crippen LogP contribution in [0.25, 0.3) is 22.3 Å². The van der Waals surface area contributed by atoms with Crippen molar-refractivity contribution in [1.29, 1.82) is 0 Å². The number of aromatic hydroxyl groups is 3.